The van der Waals surface area contributed by atoms with Gasteiger partial charge in [-0.25, -0.2) is 0 Å². The summed E-state index contributed by atoms with van der Waals surface area (Å²) >= 11 is 6.02. The van der Waals surface area contributed by atoms with E-state index in [1.54, 1.807) is 0 Å². The number of nitrogens with zero attached hydrogens (tertiary/aromatic N) is 1. The van der Waals surface area contributed by atoms with Crippen molar-refractivity contribution in [2.45, 2.75) is 38.8 Å². The van der Waals surface area contributed by atoms with Gasteiger partial charge in [0.05, 0.1) is 6.04 Å². The van der Waals surface area contributed by atoms with Gasteiger partial charge in [-0.1, -0.05) is 31.5 Å². The van der Waals surface area contributed by atoms with Gasteiger partial charge >= 0.3 is 0 Å². The zero-order chi connectivity index (χ0) is 15.4. The van der Waals surface area contributed by atoms with Crippen molar-refractivity contribution in [3.63, 3.8) is 0 Å². The molecule has 1 amide bonds. The zero-order valence-electron chi connectivity index (χ0n) is 12.7. The maximum absolute atomic E-state index is 12.1. The van der Waals surface area contributed by atoms with Gasteiger partial charge < -0.3 is 16.0 Å². The van der Waals surface area contributed by atoms with Crippen LogP contribution in [0.25, 0.3) is 0 Å². The summed E-state index contributed by atoms with van der Waals surface area (Å²) in [6.07, 6.45) is 1.66. The predicted octanol–water partition coefficient (Wildman–Crippen LogP) is 2.41. The second-order valence-electron chi connectivity index (χ2n) is 6.16. The molecule has 1 aliphatic rings. The van der Waals surface area contributed by atoms with Crippen LogP contribution in [0, 0.1) is 5.92 Å². The molecule has 0 aromatic heterocycles. The van der Waals surface area contributed by atoms with Crippen LogP contribution in [0.15, 0.2) is 24.3 Å². The molecule has 2 rings (SSSR count). The van der Waals surface area contributed by atoms with Gasteiger partial charge in [-0.15, -0.1) is 0 Å². The number of carbonyl (C=O) groups excluding carboxylic acids is 1. The molecule has 0 bridgehead atoms. The van der Waals surface area contributed by atoms with E-state index >= 15 is 0 Å². The van der Waals surface area contributed by atoms with Crippen molar-refractivity contribution in [2.24, 2.45) is 11.7 Å². The van der Waals surface area contributed by atoms with Gasteiger partial charge in [0.15, 0.2) is 0 Å². The Labute approximate surface area is 131 Å². The molecule has 1 saturated heterocycles. The Bertz CT molecular complexity index is 492. The first kappa shape index (κ1) is 16.1. The van der Waals surface area contributed by atoms with Crippen LogP contribution in [0.3, 0.4) is 0 Å². The van der Waals surface area contributed by atoms with Crippen molar-refractivity contribution in [3.05, 3.63) is 29.3 Å². The fraction of sp³-hybridized carbons (Fsp3) is 0.562. The van der Waals surface area contributed by atoms with E-state index in [9.17, 15) is 4.79 Å². The smallest absolute Gasteiger partial charge is 0.237 e. The molecule has 1 fully saturated rings. The predicted molar refractivity (Wildman–Crippen MR) is 87.6 cm³/mol. The van der Waals surface area contributed by atoms with Crippen molar-refractivity contribution in [1.29, 1.82) is 0 Å². The van der Waals surface area contributed by atoms with E-state index in [1.165, 1.54) is 0 Å². The molecule has 0 spiro atoms. The van der Waals surface area contributed by atoms with Crippen LogP contribution in [-0.4, -0.2) is 31.1 Å². The normalized spacial score (nSPS) is 19.9. The third-order valence-electron chi connectivity index (χ3n) is 3.77. The second-order valence-corrected chi connectivity index (χ2v) is 6.59. The van der Waals surface area contributed by atoms with E-state index in [0.29, 0.717) is 5.92 Å². The number of halogens is 1. The van der Waals surface area contributed by atoms with Crippen LogP contribution in [0.1, 0.15) is 26.7 Å². The van der Waals surface area contributed by atoms with Gasteiger partial charge in [-0.05, 0) is 37.0 Å². The summed E-state index contributed by atoms with van der Waals surface area (Å²) in [7, 11) is 0. The summed E-state index contributed by atoms with van der Waals surface area (Å²) in [4.78, 5) is 14.3. The van der Waals surface area contributed by atoms with Crippen LogP contribution in [0.2, 0.25) is 5.02 Å². The summed E-state index contributed by atoms with van der Waals surface area (Å²) in [5, 5.41) is 3.79. The Morgan fingerprint density at radius 1 is 1.52 bits per heavy atom. The molecule has 1 aromatic carbocycles. The average Bonchev–Trinajstić information content (AvgIpc) is 2.86. The summed E-state index contributed by atoms with van der Waals surface area (Å²) < 4.78 is 0. The van der Waals surface area contributed by atoms with Crippen molar-refractivity contribution in [2.75, 3.05) is 18.0 Å². The third-order valence-corrected chi connectivity index (χ3v) is 4.01. The lowest BCUT2D eigenvalue weighted by Crippen LogP contribution is -2.46. The molecule has 1 unspecified atom stereocenters. The maximum atomic E-state index is 12.1. The standard InChI is InChI=1S/C16H24ClN3O/c1-11(2)8-15(18)16(21)19-13-6-7-20(10-13)14-5-3-4-12(17)9-14/h3-5,9,11,13,15H,6-8,10,18H2,1-2H3,(H,19,21)/t13?,15-/m0/s1. The summed E-state index contributed by atoms with van der Waals surface area (Å²) in [6, 6.07) is 7.56. The largest absolute Gasteiger partial charge is 0.369 e. The first-order valence-electron chi connectivity index (χ1n) is 7.52. The molecule has 116 valence electrons. The summed E-state index contributed by atoms with van der Waals surface area (Å²) in [5.74, 6) is 0.388. The number of rotatable bonds is 5. The molecule has 2 atom stereocenters. The van der Waals surface area contributed by atoms with Crippen LogP contribution in [0.5, 0.6) is 0 Å². The second kappa shape index (κ2) is 7.14. The van der Waals surface area contributed by atoms with Crippen molar-refractivity contribution in [3.8, 4) is 0 Å². The molecule has 4 nitrogen and oxygen atoms in total. The molecule has 0 aliphatic carbocycles. The highest BCUT2D eigenvalue weighted by Gasteiger charge is 2.26. The fourth-order valence-electron chi connectivity index (χ4n) is 2.71. The molecular formula is C16H24ClN3O. The Morgan fingerprint density at radius 2 is 2.29 bits per heavy atom. The number of hydrogen-bond acceptors (Lipinski definition) is 3. The van der Waals surface area contributed by atoms with Crippen molar-refractivity contribution in [1.82, 2.24) is 5.32 Å². The highest BCUT2D eigenvalue weighted by Crippen LogP contribution is 2.23. The zero-order valence-corrected chi connectivity index (χ0v) is 13.4. The van der Waals surface area contributed by atoms with Crippen molar-refractivity contribution >= 4 is 23.2 Å². The topological polar surface area (TPSA) is 58.4 Å². The first-order valence-corrected chi connectivity index (χ1v) is 7.90. The van der Waals surface area contributed by atoms with Gasteiger partial charge in [0.2, 0.25) is 5.91 Å². The first-order chi connectivity index (χ1) is 9.95. The van der Waals surface area contributed by atoms with Crippen LogP contribution < -0.4 is 16.0 Å². The molecule has 1 aliphatic heterocycles. The average molecular weight is 310 g/mol. The molecule has 3 N–H and O–H groups in total. The SMILES string of the molecule is CC(C)C[C@H](N)C(=O)NC1CCN(c2cccc(Cl)c2)C1. The molecule has 0 saturated carbocycles. The van der Waals surface area contributed by atoms with E-state index in [0.717, 1.165) is 36.6 Å². The number of carbonyl (C=O) groups is 1. The van der Waals surface area contributed by atoms with Gasteiger partial charge in [-0.3, -0.25) is 4.79 Å². The molecular weight excluding hydrogens is 286 g/mol. The van der Waals surface area contributed by atoms with Gasteiger partial charge in [-0.2, -0.15) is 0 Å². The van der Waals surface area contributed by atoms with Crippen LogP contribution in [-0.2, 0) is 4.79 Å². The Balaban J connectivity index is 1.86. The summed E-state index contributed by atoms with van der Waals surface area (Å²) in [5.41, 5.74) is 7.02. The number of nitrogens with one attached hydrogen (secondary N) is 1. The molecule has 5 heteroatoms. The van der Waals surface area contributed by atoms with E-state index in [1.807, 2.05) is 24.3 Å². The minimum absolute atomic E-state index is 0.0401. The Morgan fingerprint density at radius 3 is 2.95 bits per heavy atom. The lowest BCUT2D eigenvalue weighted by Gasteiger charge is -2.20. The fourth-order valence-corrected chi connectivity index (χ4v) is 2.89. The highest BCUT2D eigenvalue weighted by molar-refractivity contribution is 6.30. The number of nitrogens with two attached hydrogens (primary N) is 1. The van der Waals surface area contributed by atoms with Crippen LogP contribution in [0.4, 0.5) is 5.69 Å². The van der Waals surface area contributed by atoms with E-state index in [-0.39, 0.29) is 11.9 Å². The molecule has 21 heavy (non-hydrogen) atoms. The van der Waals surface area contributed by atoms with Crippen molar-refractivity contribution < 1.29 is 4.79 Å². The minimum Gasteiger partial charge on any atom is -0.369 e. The lowest BCUT2D eigenvalue weighted by molar-refractivity contribution is -0.123. The molecule has 0 radical (unpaired) electrons. The lowest BCUT2D eigenvalue weighted by atomic mass is 10.0. The monoisotopic (exact) mass is 309 g/mol. The minimum atomic E-state index is -0.412. The Kier molecular flexibility index (Phi) is 5.48. The third kappa shape index (κ3) is 4.61. The number of amides is 1. The quantitative estimate of drug-likeness (QED) is 0.878. The molecule has 1 heterocycles. The number of hydrogen-bond donors (Lipinski definition) is 2. The van der Waals surface area contributed by atoms with Gasteiger partial charge in [0, 0.05) is 29.8 Å². The van der Waals surface area contributed by atoms with E-state index < -0.39 is 6.04 Å². The number of benzene rings is 1. The van der Waals surface area contributed by atoms with E-state index in [4.69, 9.17) is 17.3 Å². The number of anilines is 1. The van der Waals surface area contributed by atoms with Crippen LogP contribution >= 0.6 is 11.6 Å². The maximum Gasteiger partial charge on any atom is 0.237 e. The van der Waals surface area contributed by atoms with Gasteiger partial charge in [0.1, 0.15) is 0 Å². The molecule has 1 aromatic rings. The van der Waals surface area contributed by atoms with E-state index in [2.05, 4.69) is 24.1 Å². The Hall–Kier alpha value is -1.26. The summed E-state index contributed by atoms with van der Waals surface area (Å²) in [6.45, 7) is 5.87. The highest BCUT2D eigenvalue weighted by atomic mass is 35.5. The van der Waals surface area contributed by atoms with Gasteiger partial charge in [0.25, 0.3) is 0 Å².